The number of aromatic nitrogens is 3. The molecule has 0 aliphatic rings. The minimum atomic E-state index is -0.194. The number of hydrogen-bond donors (Lipinski definition) is 3. The van der Waals surface area contributed by atoms with Crippen molar-refractivity contribution in [3.63, 3.8) is 0 Å². The van der Waals surface area contributed by atoms with E-state index in [-0.39, 0.29) is 12.0 Å². The van der Waals surface area contributed by atoms with Gasteiger partial charge in [0, 0.05) is 38.0 Å². The van der Waals surface area contributed by atoms with E-state index in [4.69, 9.17) is 0 Å². The van der Waals surface area contributed by atoms with E-state index in [1.807, 2.05) is 37.7 Å². The summed E-state index contributed by atoms with van der Waals surface area (Å²) in [6.45, 7) is 4.73. The molecule has 0 fully saturated rings. The molecule has 0 saturated heterocycles. The Morgan fingerprint density at radius 2 is 2.22 bits per heavy atom. The minimum Gasteiger partial charge on any atom is -0.396 e. The van der Waals surface area contributed by atoms with Gasteiger partial charge in [-0.2, -0.15) is 0 Å². The molecule has 0 amide bonds. The number of hydrogen-bond acceptors (Lipinski definition) is 5. The number of aliphatic hydroxyl groups excluding tert-OH is 1. The van der Waals surface area contributed by atoms with E-state index in [2.05, 4.69) is 20.6 Å². The number of rotatable bonds is 5. The molecular formula is C12H19N5O. The van der Waals surface area contributed by atoms with Gasteiger partial charge in [0.15, 0.2) is 11.5 Å². The summed E-state index contributed by atoms with van der Waals surface area (Å²) in [5.41, 5.74) is 0.587. The molecule has 2 heterocycles. The Hall–Kier alpha value is -1.82. The van der Waals surface area contributed by atoms with Crippen molar-refractivity contribution < 1.29 is 5.11 Å². The van der Waals surface area contributed by atoms with Gasteiger partial charge in [0.25, 0.3) is 0 Å². The van der Waals surface area contributed by atoms with Crippen molar-refractivity contribution >= 4 is 17.3 Å². The summed E-state index contributed by atoms with van der Waals surface area (Å²) < 4.78 is 1.91. The summed E-state index contributed by atoms with van der Waals surface area (Å²) in [4.78, 5) is 8.71. The predicted molar refractivity (Wildman–Crippen MR) is 71.9 cm³/mol. The fourth-order valence-corrected chi connectivity index (χ4v) is 1.55. The molecule has 0 bridgehead atoms. The summed E-state index contributed by atoms with van der Waals surface area (Å²) in [5.74, 6) is 1.48. The Morgan fingerprint density at radius 1 is 1.44 bits per heavy atom. The molecule has 3 N–H and O–H groups in total. The van der Waals surface area contributed by atoms with Gasteiger partial charge in [-0.15, -0.1) is 0 Å². The number of nitrogens with one attached hydrogen (secondary N) is 2. The van der Waals surface area contributed by atoms with E-state index in [1.165, 1.54) is 0 Å². The maximum absolute atomic E-state index is 9.25. The molecular weight excluding hydrogens is 230 g/mol. The molecule has 18 heavy (non-hydrogen) atoms. The lowest BCUT2D eigenvalue weighted by atomic mass is 9.95. The van der Waals surface area contributed by atoms with Crippen LogP contribution in [-0.2, 0) is 0 Å². The maximum atomic E-state index is 9.25. The van der Waals surface area contributed by atoms with Gasteiger partial charge >= 0.3 is 0 Å². The van der Waals surface area contributed by atoms with Gasteiger partial charge < -0.3 is 20.1 Å². The van der Waals surface area contributed by atoms with Crippen LogP contribution < -0.4 is 10.6 Å². The second-order valence-corrected chi connectivity index (χ2v) is 5.06. The predicted octanol–water partition coefficient (Wildman–Crippen LogP) is 1.20. The van der Waals surface area contributed by atoms with Crippen LogP contribution >= 0.6 is 0 Å². The lowest BCUT2D eigenvalue weighted by Gasteiger charge is -2.22. The lowest BCUT2D eigenvalue weighted by molar-refractivity contribution is 0.171. The van der Waals surface area contributed by atoms with Crippen LogP contribution in [0.15, 0.2) is 18.6 Å². The van der Waals surface area contributed by atoms with Gasteiger partial charge in [-0.3, -0.25) is 0 Å². The summed E-state index contributed by atoms with van der Waals surface area (Å²) in [5, 5.41) is 15.5. The van der Waals surface area contributed by atoms with Crippen LogP contribution in [0, 0.1) is 5.41 Å². The van der Waals surface area contributed by atoms with Crippen LogP contribution in [0.1, 0.15) is 13.8 Å². The second kappa shape index (κ2) is 4.81. The van der Waals surface area contributed by atoms with Crippen LogP contribution in [-0.4, -0.2) is 39.7 Å². The minimum absolute atomic E-state index is 0.121. The Morgan fingerprint density at radius 3 is 2.89 bits per heavy atom. The molecule has 2 aromatic rings. The monoisotopic (exact) mass is 249 g/mol. The fraction of sp³-hybridized carbons (Fsp3) is 0.500. The third-order valence-corrected chi connectivity index (χ3v) is 2.79. The first-order valence-corrected chi connectivity index (χ1v) is 5.92. The van der Waals surface area contributed by atoms with Crippen LogP contribution in [0.25, 0.3) is 5.65 Å². The molecule has 0 aliphatic carbocycles. The Labute approximate surface area is 106 Å². The molecule has 0 radical (unpaired) electrons. The largest absolute Gasteiger partial charge is 0.396 e. The number of anilines is 2. The van der Waals surface area contributed by atoms with Crippen molar-refractivity contribution in [1.82, 2.24) is 14.4 Å². The highest BCUT2D eigenvalue weighted by molar-refractivity contribution is 5.65. The van der Waals surface area contributed by atoms with E-state index >= 15 is 0 Å². The number of aliphatic hydroxyl groups is 1. The van der Waals surface area contributed by atoms with E-state index < -0.39 is 0 Å². The van der Waals surface area contributed by atoms with Crippen LogP contribution in [0.4, 0.5) is 11.6 Å². The summed E-state index contributed by atoms with van der Waals surface area (Å²) in [7, 11) is 1.83. The number of nitrogens with zero attached hydrogens (tertiary/aromatic N) is 3. The third kappa shape index (κ3) is 2.53. The Balaban J connectivity index is 2.28. The third-order valence-electron chi connectivity index (χ3n) is 2.79. The molecule has 2 aromatic heterocycles. The molecule has 0 atom stereocenters. The quantitative estimate of drug-likeness (QED) is 0.742. The first-order valence-electron chi connectivity index (χ1n) is 5.92. The highest BCUT2D eigenvalue weighted by Gasteiger charge is 2.17. The van der Waals surface area contributed by atoms with Crippen molar-refractivity contribution in [2.24, 2.45) is 5.41 Å². The van der Waals surface area contributed by atoms with E-state index in [0.717, 1.165) is 11.5 Å². The Kier molecular flexibility index (Phi) is 3.38. The van der Waals surface area contributed by atoms with E-state index in [9.17, 15) is 5.11 Å². The van der Waals surface area contributed by atoms with Gasteiger partial charge in [0.2, 0.25) is 0 Å². The fourth-order valence-electron chi connectivity index (χ4n) is 1.55. The van der Waals surface area contributed by atoms with Crippen molar-refractivity contribution in [3.05, 3.63) is 18.6 Å². The first-order chi connectivity index (χ1) is 8.55. The van der Waals surface area contributed by atoms with Crippen molar-refractivity contribution in [3.8, 4) is 0 Å². The van der Waals surface area contributed by atoms with Gasteiger partial charge in [0.1, 0.15) is 5.82 Å². The smallest absolute Gasteiger partial charge is 0.180 e. The number of fused-ring (bicyclic) bond motifs is 1. The van der Waals surface area contributed by atoms with Crippen molar-refractivity contribution in [2.45, 2.75) is 13.8 Å². The van der Waals surface area contributed by atoms with E-state index in [0.29, 0.717) is 12.4 Å². The Bertz CT molecular complexity index is 534. The molecule has 0 unspecified atom stereocenters. The number of imidazole rings is 1. The highest BCUT2D eigenvalue weighted by atomic mass is 16.3. The zero-order valence-corrected chi connectivity index (χ0v) is 10.9. The summed E-state index contributed by atoms with van der Waals surface area (Å²) in [6.07, 6.45) is 5.49. The average Bonchev–Trinajstić information content (AvgIpc) is 2.84. The maximum Gasteiger partial charge on any atom is 0.180 e. The standard InChI is InChI=1S/C12H19N5O/c1-12(2,8-18)7-15-10-11-14-4-5-17(11)6-9(13-3)16-10/h4-6,13,18H,7-8H2,1-3H3,(H,15,16). The second-order valence-electron chi connectivity index (χ2n) is 5.06. The van der Waals surface area contributed by atoms with Crippen LogP contribution in [0.2, 0.25) is 0 Å². The lowest BCUT2D eigenvalue weighted by Crippen LogP contribution is -2.27. The normalized spacial score (nSPS) is 11.8. The molecule has 0 aromatic carbocycles. The molecule has 2 rings (SSSR count). The average molecular weight is 249 g/mol. The highest BCUT2D eigenvalue weighted by Crippen LogP contribution is 2.19. The zero-order valence-electron chi connectivity index (χ0n) is 10.9. The zero-order chi connectivity index (χ0) is 13.2. The van der Waals surface area contributed by atoms with Crippen LogP contribution in [0.3, 0.4) is 0 Å². The van der Waals surface area contributed by atoms with Gasteiger partial charge in [-0.1, -0.05) is 13.8 Å². The molecule has 6 nitrogen and oxygen atoms in total. The molecule has 0 saturated carbocycles. The van der Waals surface area contributed by atoms with Crippen LogP contribution in [0.5, 0.6) is 0 Å². The molecule has 6 heteroatoms. The van der Waals surface area contributed by atoms with E-state index in [1.54, 1.807) is 6.20 Å². The van der Waals surface area contributed by atoms with Gasteiger partial charge in [-0.25, -0.2) is 9.97 Å². The molecule has 98 valence electrons. The van der Waals surface area contributed by atoms with Gasteiger partial charge in [-0.05, 0) is 0 Å². The summed E-state index contributed by atoms with van der Waals surface area (Å²) in [6, 6.07) is 0. The first kappa shape index (κ1) is 12.6. The SMILES string of the molecule is CNc1cn2ccnc2c(NCC(C)(C)CO)n1. The van der Waals surface area contributed by atoms with Crippen molar-refractivity contribution in [1.29, 1.82) is 0 Å². The van der Waals surface area contributed by atoms with Crippen molar-refractivity contribution in [2.75, 3.05) is 30.8 Å². The molecule has 0 spiro atoms. The topological polar surface area (TPSA) is 74.5 Å². The molecule has 0 aliphatic heterocycles. The van der Waals surface area contributed by atoms with Gasteiger partial charge in [0.05, 0.1) is 6.20 Å². The summed E-state index contributed by atoms with van der Waals surface area (Å²) >= 11 is 0.